The second-order valence-corrected chi connectivity index (χ2v) is 10.4. The average Bonchev–Trinajstić information content (AvgIpc) is 2.82. The summed E-state index contributed by atoms with van der Waals surface area (Å²) in [7, 11) is 0. The maximum absolute atomic E-state index is 14.0. The van der Waals surface area contributed by atoms with Crippen molar-refractivity contribution in [2.75, 3.05) is 11.9 Å². The molecule has 2 aromatic carbocycles. The van der Waals surface area contributed by atoms with Crippen molar-refractivity contribution in [3.8, 4) is 5.75 Å². The number of phenolic OH excluding ortho intramolecular Hbond substituents is 1. The van der Waals surface area contributed by atoms with E-state index in [1.165, 1.54) is 11.0 Å². The van der Waals surface area contributed by atoms with Crippen molar-refractivity contribution in [1.29, 1.82) is 0 Å². The van der Waals surface area contributed by atoms with Gasteiger partial charge in [-0.1, -0.05) is 44.5 Å². The Hall–Kier alpha value is -3.55. The molecule has 0 bridgehead atoms. The fourth-order valence-electron chi connectivity index (χ4n) is 4.00. The van der Waals surface area contributed by atoms with Gasteiger partial charge in [-0.2, -0.15) is 0 Å². The quantitative estimate of drug-likeness (QED) is 0.413. The number of hydrogen-bond donors (Lipinski definition) is 3. The van der Waals surface area contributed by atoms with Crippen molar-refractivity contribution in [3.05, 3.63) is 59.2 Å². The molecule has 3 amide bonds. The van der Waals surface area contributed by atoms with Gasteiger partial charge in [0.15, 0.2) is 0 Å². The standard InChI is InChI=1S/C29H41N3O5/c1-9-18(3)24(31-28(36)37-29(6,7)8)27(35)32(10-2)25(21-15-16-23(33)20(5)17-21)26(34)30-22-14-12-11-13-19(22)4/h11-18,24-25,33H,9-10H2,1-8H3,(H,30,34)(H,31,36). The highest BCUT2D eigenvalue weighted by Gasteiger charge is 2.37. The van der Waals surface area contributed by atoms with Gasteiger partial charge in [0.1, 0.15) is 23.4 Å². The number of phenols is 1. The van der Waals surface area contributed by atoms with E-state index in [4.69, 9.17) is 4.74 Å². The number of carbonyl (C=O) groups is 3. The van der Waals surface area contributed by atoms with E-state index in [1.54, 1.807) is 52.8 Å². The minimum atomic E-state index is -0.997. The number of ether oxygens (including phenoxy) is 1. The number of aromatic hydroxyl groups is 1. The Balaban J connectivity index is 2.51. The molecule has 0 saturated carbocycles. The third-order valence-electron chi connectivity index (χ3n) is 6.27. The molecule has 0 spiro atoms. The lowest BCUT2D eigenvalue weighted by Crippen LogP contribution is -2.54. The second kappa shape index (κ2) is 12.6. The van der Waals surface area contributed by atoms with Crippen LogP contribution in [0.1, 0.15) is 70.7 Å². The minimum absolute atomic E-state index is 0.0975. The predicted molar refractivity (Wildman–Crippen MR) is 145 cm³/mol. The van der Waals surface area contributed by atoms with Crippen LogP contribution in [0.25, 0.3) is 0 Å². The number of rotatable bonds is 9. The largest absolute Gasteiger partial charge is 0.508 e. The van der Waals surface area contributed by atoms with E-state index in [0.29, 0.717) is 23.2 Å². The molecule has 0 radical (unpaired) electrons. The molecule has 0 aliphatic heterocycles. The topological polar surface area (TPSA) is 108 Å². The van der Waals surface area contributed by atoms with Crippen LogP contribution in [0.2, 0.25) is 0 Å². The molecular formula is C29H41N3O5. The Morgan fingerprint density at radius 3 is 2.22 bits per heavy atom. The molecule has 8 heteroatoms. The van der Waals surface area contributed by atoms with Gasteiger partial charge < -0.3 is 25.4 Å². The van der Waals surface area contributed by atoms with Gasteiger partial charge in [-0.3, -0.25) is 9.59 Å². The van der Waals surface area contributed by atoms with Crippen LogP contribution < -0.4 is 10.6 Å². The Kier molecular flexibility index (Phi) is 10.1. The smallest absolute Gasteiger partial charge is 0.408 e. The monoisotopic (exact) mass is 511 g/mol. The van der Waals surface area contributed by atoms with Gasteiger partial charge >= 0.3 is 6.09 Å². The van der Waals surface area contributed by atoms with Crippen molar-refractivity contribution in [1.82, 2.24) is 10.2 Å². The first-order valence-corrected chi connectivity index (χ1v) is 12.7. The van der Waals surface area contributed by atoms with Crippen molar-refractivity contribution in [3.63, 3.8) is 0 Å². The van der Waals surface area contributed by atoms with E-state index in [-0.39, 0.29) is 18.2 Å². The molecule has 0 fully saturated rings. The van der Waals surface area contributed by atoms with Gasteiger partial charge in [-0.15, -0.1) is 0 Å². The Morgan fingerprint density at radius 1 is 1.03 bits per heavy atom. The van der Waals surface area contributed by atoms with Crippen LogP contribution in [-0.4, -0.2) is 46.1 Å². The molecule has 3 unspecified atom stereocenters. The van der Waals surface area contributed by atoms with Crippen molar-refractivity contribution in [2.45, 2.75) is 79.5 Å². The van der Waals surface area contributed by atoms with Crippen LogP contribution in [0, 0.1) is 19.8 Å². The number of amides is 3. The van der Waals surface area contributed by atoms with Gasteiger partial charge in [-0.05, 0) is 82.3 Å². The number of hydrogen-bond acceptors (Lipinski definition) is 5. The number of aryl methyl sites for hydroxylation is 2. The summed E-state index contributed by atoms with van der Waals surface area (Å²) in [4.78, 5) is 41.8. The Morgan fingerprint density at radius 2 is 1.68 bits per heavy atom. The molecule has 3 N–H and O–H groups in total. The zero-order valence-electron chi connectivity index (χ0n) is 23.2. The second-order valence-electron chi connectivity index (χ2n) is 10.4. The molecule has 202 valence electrons. The van der Waals surface area contributed by atoms with Crippen LogP contribution in [0.4, 0.5) is 10.5 Å². The summed E-state index contributed by atoms with van der Waals surface area (Å²) < 4.78 is 5.41. The summed E-state index contributed by atoms with van der Waals surface area (Å²) in [6.45, 7) is 14.7. The summed E-state index contributed by atoms with van der Waals surface area (Å²) in [6.07, 6.45) is -0.0640. The van der Waals surface area contributed by atoms with Gasteiger partial charge in [0.25, 0.3) is 5.91 Å². The zero-order chi connectivity index (χ0) is 27.9. The number of likely N-dealkylation sites (N-methyl/N-ethyl adjacent to an activating group) is 1. The Labute approximate surface area is 220 Å². The summed E-state index contributed by atoms with van der Waals surface area (Å²) in [5.74, 6) is -0.899. The third-order valence-corrected chi connectivity index (χ3v) is 6.27. The van der Waals surface area contributed by atoms with Crippen molar-refractivity contribution in [2.24, 2.45) is 5.92 Å². The minimum Gasteiger partial charge on any atom is -0.508 e. The van der Waals surface area contributed by atoms with Gasteiger partial charge in [0.05, 0.1) is 0 Å². The van der Waals surface area contributed by atoms with Gasteiger partial charge in [-0.25, -0.2) is 4.79 Å². The number of anilines is 1. The number of alkyl carbamates (subject to hydrolysis) is 1. The molecule has 0 saturated heterocycles. The predicted octanol–water partition coefficient (Wildman–Crippen LogP) is 5.48. The van der Waals surface area contributed by atoms with E-state index < -0.39 is 35.6 Å². The van der Waals surface area contributed by atoms with E-state index in [1.807, 2.05) is 39.0 Å². The average molecular weight is 512 g/mol. The molecule has 0 aliphatic rings. The van der Waals surface area contributed by atoms with Crippen molar-refractivity contribution < 1.29 is 24.2 Å². The highest BCUT2D eigenvalue weighted by atomic mass is 16.6. The van der Waals surface area contributed by atoms with Crippen LogP contribution in [-0.2, 0) is 14.3 Å². The highest BCUT2D eigenvalue weighted by molar-refractivity contribution is 5.99. The maximum atomic E-state index is 14.0. The first-order chi connectivity index (χ1) is 17.3. The van der Waals surface area contributed by atoms with E-state index >= 15 is 0 Å². The molecule has 3 atom stereocenters. The molecule has 8 nitrogen and oxygen atoms in total. The number of para-hydroxylation sites is 1. The van der Waals surface area contributed by atoms with Crippen molar-refractivity contribution >= 4 is 23.6 Å². The number of nitrogens with one attached hydrogen (secondary N) is 2. The zero-order valence-corrected chi connectivity index (χ0v) is 23.2. The lowest BCUT2D eigenvalue weighted by molar-refractivity contribution is -0.141. The molecule has 2 aromatic rings. The van der Waals surface area contributed by atoms with Gasteiger partial charge in [0, 0.05) is 12.2 Å². The SMILES string of the molecule is CCC(C)C(NC(=O)OC(C)(C)C)C(=O)N(CC)C(C(=O)Nc1ccccc1C)c1ccc(O)c(C)c1. The highest BCUT2D eigenvalue weighted by Crippen LogP contribution is 2.29. The van der Waals surface area contributed by atoms with Crippen LogP contribution in [0.3, 0.4) is 0 Å². The Bertz CT molecular complexity index is 1110. The number of benzene rings is 2. The first-order valence-electron chi connectivity index (χ1n) is 12.7. The molecular weight excluding hydrogens is 470 g/mol. The summed E-state index contributed by atoms with van der Waals surface area (Å²) in [6, 6.07) is 10.4. The van der Waals surface area contributed by atoms with Crippen LogP contribution in [0.5, 0.6) is 5.75 Å². The lowest BCUT2D eigenvalue weighted by Gasteiger charge is -2.35. The number of nitrogens with zero attached hydrogens (tertiary/aromatic N) is 1. The molecule has 0 aromatic heterocycles. The maximum Gasteiger partial charge on any atom is 0.408 e. The summed E-state index contributed by atoms with van der Waals surface area (Å²) in [5, 5.41) is 15.8. The fourth-order valence-corrected chi connectivity index (χ4v) is 4.00. The number of carbonyl (C=O) groups excluding carboxylic acids is 3. The molecule has 0 aliphatic carbocycles. The van der Waals surface area contributed by atoms with E-state index in [2.05, 4.69) is 10.6 Å². The summed E-state index contributed by atoms with van der Waals surface area (Å²) in [5.41, 5.74) is 1.94. The first kappa shape index (κ1) is 29.7. The van der Waals surface area contributed by atoms with E-state index in [9.17, 15) is 19.5 Å². The third kappa shape index (κ3) is 7.97. The fraction of sp³-hybridized carbons (Fsp3) is 0.483. The van der Waals surface area contributed by atoms with Crippen LogP contribution >= 0.6 is 0 Å². The molecule has 0 heterocycles. The molecule has 2 rings (SSSR count). The van der Waals surface area contributed by atoms with E-state index in [0.717, 1.165) is 5.56 Å². The van der Waals surface area contributed by atoms with Gasteiger partial charge in [0.2, 0.25) is 5.91 Å². The summed E-state index contributed by atoms with van der Waals surface area (Å²) >= 11 is 0. The normalized spacial score (nSPS) is 13.7. The van der Waals surface area contributed by atoms with Crippen LogP contribution in [0.15, 0.2) is 42.5 Å². The lowest BCUT2D eigenvalue weighted by atomic mass is 9.95. The molecule has 37 heavy (non-hydrogen) atoms.